The summed E-state index contributed by atoms with van der Waals surface area (Å²) in [5, 5.41) is 3.38. The van der Waals surface area contributed by atoms with Gasteiger partial charge in [-0.25, -0.2) is 8.42 Å². The minimum atomic E-state index is -3.64. The quantitative estimate of drug-likeness (QED) is 0.761. The maximum absolute atomic E-state index is 12.6. The molecular weight excluding hydrogens is 384 g/mol. The van der Waals surface area contributed by atoms with Crippen molar-refractivity contribution in [2.45, 2.75) is 32.7 Å². The summed E-state index contributed by atoms with van der Waals surface area (Å²) in [6, 6.07) is 14.7. The predicted molar refractivity (Wildman–Crippen MR) is 111 cm³/mol. The Morgan fingerprint density at radius 3 is 2.33 bits per heavy atom. The molecule has 146 valence electrons. The van der Waals surface area contributed by atoms with E-state index < -0.39 is 15.6 Å². The molecule has 0 aliphatic heterocycles. The average molecular weight is 409 g/mol. The fourth-order valence-electron chi connectivity index (χ4n) is 2.83. The van der Waals surface area contributed by atoms with Crippen molar-refractivity contribution in [3.05, 3.63) is 64.7 Å². The molecule has 0 radical (unpaired) electrons. The third kappa shape index (κ3) is 6.26. The van der Waals surface area contributed by atoms with E-state index in [0.717, 1.165) is 21.7 Å². The Morgan fingerprint density at radius 1 is 1.15 bits per heavy atom. The zero-order valence-electron chi connectivity index (χ0n) is 16.0. The van der Waals surface area contributed by atoms with Gasteiger partial charge in [-0.2, -0.15) is 0 Å². The number of nitrogens with one attached hydrogen (secondary N) is 1. The fourth-order valence-corrected chi connectivity index (χ4v) is 3.86. The van der Waals surface area contributed by atoms with Gasteiger partial charge in [-0.05, 0) is 50.5 Å². The van der Waals surface area contributed by atoms with E-state index in [9.17, 15) is 13.2 Å². The van der Waals surface area contributed by atoms with Crippen LogP contribution in [0.3, 0.4) is 0 Å². The molecule has 2 rings (SSSR count). The first-order valence-corrected chi connectivity index (χ1v) is 10.8. The first-order chi connectivity index (χ1) is 12.5. The summed E-state index contributed by atoms with van der Waals surface area (Å²) in [6.07, 6.45) is 1.71. The Kier molecular flexibility index (Phi) is 6.54. The average Bonchev–Trinajstić information content (AvgIpc) is 2.54. The molecule has 0 spiro atoms. The highest BCUT2D eigenvalue weighted by Crippen LogP contribution is 2.25. The largest absolute Gasteiger partial charge is 0.349 e. The van der Waals surface area contributed by atoms with E-state index >= 15 is 0 Å². The van der Waals surface area contributed by atoms with Gasteiger partial charge in [-0.1, -0.05) is 48.0 Å². The molecule has 0 saturated heterocycles. The van der Waals surface area contributed by atoms with Gasteiger partial charge in [0.2, 0.25) is 15.9 Å². The topological polar surface area (TPSA) is 66.5 Å². The summed E-state index contributed by atoms with van der Waals surface area (Å²) in [5.41, 5.74) is 1.77. The van der Waals surface area contributed by atoms with Crippen LogP contribution in [0.1, 0.15) is 25.0 Å². The van der Waals surface area contributed by atoms with Gasteiger partial charge in [0.25, 0.3) is 0 Å². The van der Waals surface area contributed by atoms with E-state index in [-0.39, 0.29) is 12.5 Å². The number of sulfonamides is 1. The monoisotopic (exact) mass is 408 g/mol. The molecule has 5 nitrogen and oxygen atoms in total. The maximum atomic E-state index is 12.6. The number of carbonyl (C=O) groups is 1. The van der Waals surface area contributed by atoms with Gasteiger partial charge in [-0.3, -0.25) is 9.10 Å². The molecule has 27 heavy (non-hydrogen) atoms. The molecule has 2 aromatic carbocycles. The molecular formula is C20H25ClN2O3S. The van der Waals surface area contributed by atoms with Crippen LogP contribution in [0.5, 0.6) is 0 Å². The van der Waals surface area contributed by atoms with E-state index in [1.54, 1.807) is 18.2 Å². The summed E-state index contributed by atoms with van der Waals surface area (Å²) in [4.78, 5) is 12.6. The van der Waals surface area contributed by atoms with Gasteiger partial charge in [0.05, 0.1) is 11.9 Å². The number of benzene rings is 2. The van der Waals surface area contributed by atoms with E-state index in [1.807, 2.05) is 51.1 Å². The third-order valence-electron chi connectivity index (χ3n) is 4.10. The lowest BCUT2D eigenvalue weighted by atomic mass is 9.95. The molecule has 2 aromatic rings. The lowest BCUT2D eigenvalue weighted by Gasteiger charge is -2.29. The van der Waals surface area contributed by atoms with Crippen LogP contribution in [0.25, 0.3) is 0 Å². The molecule has 0 fully saturated rings. The van der Waals surface area contributed by atoms with Gasteiger partial charge >= 0.3 is 0 Å². The molecule has 0 unspecified atom stereocenters. The van der Waals surface area contributed by atoms with E-state index in [1.165, 1.54) is 0 Å². The molecule has 7 heteroatoms. The van der Waals surface area contributed by atoms with Gasteiger partial charge in [0, 0.05) is 10.6 Å². The first-order valence-electron chi connectivity index (χ1n) is 8.57. The van der Waals surface area contributed by atoms with Crippen LogP contribution in [-0.4, -0.2) is 32.7 Å². The van der Waals surface area contributed by atoms with Crippen molar-refractivity contribution in [3.8, 4) is 0 Å². The van der Waals surface area contributed by atoms with E-state index in [2.05, 4.69) is 5.32 Å². The van der Waals surface area contributed by atoms with Crippen LogP contribution in [-0.2, 0) is 21.2 Å². The normalized spacial score (nSPS) is 11.9. The third-order valence-corrected chi connectivity index (χ3v) is 5.65. The molecule has 0 aromatic heterocycles. The molecule has 1 N–H and O–H groups in total. The van der Waals surface area contributed by atoms with Crippen LogP contribution in [0, 0.1) is 6.92 Å². The second kappa shape index (κ2) is 8.31. The highest BCUT2D eigenvalue weighted by molar-refractivity contribution is 7.92. The Labute approximate surface area is 166 Å². The number of rotatable bonds is 7. The molecule has 0 saturated carbocycles. The summed E-state index contributed by atoms with van der Waals surface area (Å²) < 4.78 is 25.5. The highest BCUT2D eigenvalue weighted by atomic mass is 35.5. The Hall–Kier alpha value is -2.05. The van der Waals surface area contributed by atoms with Gasteiger partial charge in [-0.15, -0.1) is 0 Å². The van der Waals surface area contributed by atoms with Gasteiger partial charge in [0.15, 0.2) is 0 Å². The zero-order valence-corrected chi connectivity index (χ0v) is 17.6. The smallest absolute Gasteiger partial charge is 0.241 e. The van der Waals surface area contributed by atoms with Crippen LogP contribution in [0.15, 0.2) is 48.5 Å². The zero-order chi connectivity index (χ0) is 20.2. The lowest BCUT2D eigenvalue weighted by molar-refractivity contribution is -0.121. The predicted octanol–water partition coefficient (Wildman–Crippen LogP) is 3.55. The SMILES string of the molecule is Cc1ccc(N(CC(=O)NC(C)(C)Cc2ccccc2)S(C)(=O)=O)cc1Cl. The van der Waals surface area contributed by atoms with Crippen molar-refractivity contribution in [2.24, 2.45) is 0 Å². The Bertz CT molecular complexity index is 912. The first kappa shape index (κ1) is 21.3. The van der Waals surface area contributed by atoms with Crippen LogP contribution in [0.2, 0.25) is 5.02 Å². The Morgan fingerprint density at radius 2 is 1.78 bits per heavy atom. The summed E-state index contributed by atoms with van der Waals surface area (Å²) in [6.45, 7) is 5.34. The van der Waals surface area contributed by atoms with Gasteiger partial charge < -0.3 is 5.32 Å². The standard InChI is InChI=1S/C20H25ClN2O3S/c1-15-10-11-17(12-18(15)21)23(27(4,25)26)14-19(24)22-20(2,3)13-16-8-6-5-7-9-16/h5-12H,13-14H2,1-4H3,(H,22,24). The molecule has 0 aliphatic rings. The fraction of sp³-hybridized carbons (Fsp3) is 0.350. The number of amides is 1. The minimum absolute atomic E-state index is 0.309. The summed E-state index contributed by atoms with van der Waals surface area (Å²) >= 11 is 6.12. The van der Waals surface area contributed by atoms with Crippen molar-refractivity contribution in [1.29, 1.82) is 0 Å². The van der Waals surface area contributed by atoms with Crippen LogP contribution < -0.4 is 9.62 Å². The number of carbonyl (C=O) groups excluding carboxylic acids is 1. The van der Waals surface area contributed by atoms with E-state index in [4.69, 9.17) is 11.6 Å². The van der Waals surface area contributed by atoms with Crippen LogP contribution in [0.4, 0.5) is 5.69 Å². The second-order valence-corrected chi connectivity index (χ2v) is 9.61. The molecule has 0 aliphatic carbocycles. The number of halogens is 1. The number of hydrogen-bond acceptors (Lipinski definition) is 3. The molecule has 0 bridgehead atoms. The minimum Gasteiger partial charge on any atom is -0.349 e. The molecule has 0 heterocycles. The Balaban J connectivity index is 2.15. The second-order valence-electron chi connectivity index (χ2n) is 7.30. The van der Waals surface area contributed by atoms with Crippen molar-refractivity contribution >= 4 is 33.2 Å². The number of anilines is 1. The van der Waals surface area contributed by atoms with Crippen molar-refractivity contribution in [3.63, 3.8) is 0 Å². The maximum Gasteiger partial charge on any atom is 0.241 e. The highest BCUT2D eigenvalue weighted by Gasteiger charge is 2.26. The summed E-state index contributed by atoms with van der Waals surface area (Å²) in [7, 11) is -3.64. The van der Waals surface area contributed by atoms with E-state index in [0.29, 0.717) is 17.1 Å². The number of nitrogens with zero attached hydrogens (tertiary/aromatic N) is 1. The number of aryl methyl sites for hydroxylation is 1. The van der Waals surface area contributed by atoms with Gasteiger partial charge in [0.1, 0.15) is 6.54 Å². The van der Waals surface area contributed by atoms with Crippen molar-refractivity contribution < 1.29 is 13.2 Å². The molecule has 1 amide bonds. The lowest BCUT2D eigenvalue weighted by Crippen LogP contribution is -2.50. The van der Waals surface area contributed by atoms with Crippen LogP contribution >= 0.6 is 11.6 Å². The van der Waals surface area contributed by atoms with Crippen molar-refractivity contribution in [1.82, 2.24) is 5.32 Å². The van der Waals surface area contributed by atoms with Crippen molar-refractivity contribution in [2.75, 3.05) is 17.1 Å². The number of hydrogen-bond donors (Lipinski definition) is 1. The molecule has 0 atom stereocenters. The summed E-state index contributed by atoms with van der Waals surface area (Å²) in [5.74, 6) is -0.377.